The van der Waals surface area contributed by atoms with Crippen LogP contribution in [0.15, 0.2) is 66.4 Å². The topological polar surface area (TPSA) is 79.7 Å². The van der Waals surface area contributed by atoms with E-state index in [-0.39, 0.29) is 11.3 Å². The molecule has 1 aromatic heterocycles. The Labute approximate surface area is 197 Å². The van der Waals surface area contributed by atoms with E-state index < -0.39 is 17.7 Å². The van der Waals surface area contributed by atoms with Gasteiger partial charge in [-0.15, -0.1) is 0 Å². The van der Waals surface area contributed by atoms with E-state index in [9.17, 15) is 14.7 Å². The van der Waals surface area contributed by atoms with Gasteiger partial charge in [0.2, 0.25) is 0 Å². The standard InChI is InChI=1S/C26H23ClN2O4/c1-4-33-21-14-17(10-11-18(21)27)24(30)22-23(19-7-5-6-12-28-19)29(26(32)25(22)31)20-13-15(2)8-9-16(20)3/h5-14,23,30H,4H2,1-3H3/b24-22-. The van der Waals surface area contributed by atoms with Crippen LogP contribution in [-0.2, 0) is 9.59 Å². The predicted molar refractivity (Wildman–Crippen MR) is 128 cm³/mol. The summed E-state index contributed by atoms with van der Waals surface area (Å²) < 4.78 is 5.53. The first-order valence-corrected chi connectivity index (χ1v) is 10.9. The van der Waals surface area contributed by atoms with E-state index in [1.165, 1.54) is 4.90 Å². The average molecular weight is 463 g/mol. The van der Waals surface area contributed by atoms with Gasteiger partial charge in [0.1, 0.15) is 17.6 Å². The van der Waals surface area contributed by atoms with Crippen LogP contribution in [-0.4, -0.2) is 28.4 Å². The molecule has 1 N–H and O–H groups in total. The van der Waals surface area contributed by atoms with E-state index >= 15 is 0 Å². The molecule has 1 aliphatic heterocycles. The Hall–Kier alpha value is -3.64. The maximum Gasteiger partial charge on any atom is 0.300 e. The van der Waals surface area contributed by atoms with Crippen molar-refractivity contribution in [1.82, 2.24) is 4.98 Å². The Bertz CT molecular complexity index is 1270. The fraction of sp³-hybridized carbons (Fsp3) is 0.192. The van der Waals surface area contributed by atoms with Gasteiger partial charge in [-0.25, -0.2) is 0 Å². The number of hydrogen-bond acceptors (Lipinski definition) is 5. The van der Waals surface area contributed by atoms with Gasteiger partial charge in [0.25, 0.3) is 11.7 Å². The maximum atomic E-state index is 13.3. The molecule has 2 heterocycles. The number of nitrogens with zero attached hydrogens (tertiary/aromatic N) is 2. The largest absolute Gasteiger partial charge is 0.507 e. The molecule has 1 atom stereocenters. The van der Waals surface area contributed by atoms with E-state index in [0.29, 0.717) is 34.3 Å². The number of amides is 1. The molecule has 1 amide bonds. The highest BCUT2D eigenvalue weighted by atomic mass is 35.5. The Morgan fingerprint density at radius 1 is 1.12 bits per heavy atom. The van der Waals surface area contributed by atoms with Crippen molar-refractivity contribution in [3.05, 3.63) is 93.8 Å². The zero-order chi connectivity index (χ0) is 23.7. The number of Topliss-reactive ketones (excluding diaryl/α,β-unsaturated/α-hetero) is 1. The minimum absolute atomic E-state index is 0.0376. The van der Waals surface area contributed by atoms with E-state index in [2.05, 4.69) is 4.98 Å². The summed E-state index contributed by atoms with van der Waals surface area (Å²) in [6, 6.07) is 14.8. The normalized spacial score (nSPS) is 17.5. The van der Waals surface area contributed by atoms with Crippen molar-refractivity contribution in [2.24, 2.45) is 0 Å². The number of halogens is 1. The monoisotopic (exact) mass is 462 g/mol. The third-order valence-corrected chi connectivity index (χ3v) is 5.85. The minimum Gasteiger partial charge on any atom is -0.507 e. The van der Waals surface area contributed by atoms with Gasteiger partial charge >= 0.3 is 0 Å². The second-order valence-electron chi connectivity index (χ2n) is 7.79. The highest BCUT2D eigenvalue weighted by molar-refractivity contribution is 6.51. The molecule has 7 heteroatoms. The number of pyridine rings is 1. The average Bonchev–Trinajstić information content (AvgIpc) is 3.07. The van der Waals surface area contributed by atoms with Crippen molar-refractivity contribution in [1.29, 1.82) is 0 Å². The molecule has 0 spiro atoms. The first kappa shape index (κ1) is 22.6. The Morgan fingerprint density at radius 3 is 2.61 bits per heavy atom. The highest BCUT2D eigenvalue weighted by Gasteiger charge is 2.48. The number of ketones is 1. The molecule has 33 heavy (non-hydrogen) atoms. The molecule has 0 radical (unpaired) electrons. The molecule has 1 aliphatic rings. The minimum atomic E-state index is -0.891. The molecule has 1 unspecified atom stereocenters. The smallest absolute Gasteiger partial charge is 0.300 e. The summed E-state index contributed by atoms with van der Waals surface area (Å²) in [4.78, 5) is 32.4. The lowest BCUT2D eigenvalue weighted by Gasteiger charge is -2.26. The third-order valence-electron chi connectivity index (χ3n) is 5.54. The van der Waals surface area contributed by atoms with Crippen LogP contribution in [0.25, 0.3) is 5.76 Å². The highest BCUT2D eigenvalue weighted by Crippen LogP contribution is 2.43. The van der Waals surface area contributed by atoms with Crippen LogP contribution >= 0.6 is 11.6 Å². The van der Waals surface area contributed by atoms with Crippen molar-refractivity contribution in [2.45, 2.75) is 26.8 Å². The summed E-state index contributed by atoms with van der Waals surface area (Å²) in [5, 5.41) is 11.6. The molecular formula is C26H23ClN2O4. The van der Waals surface area contributed by atoms with Gasteiger partial charge in [-0.05, 0) is 68.3 Å². The summed E-state index contributed by atoms with van der Waals surface area (Å²) >= 11 is 6.19. The number of benzene rings is 2. The number of ether oxygens (including phenoxy) is 1. The van der Waals surface area contributed by atoms with Crippen molar-refractivity contribution in [3.8, 4) is 5.75 Å². The SMILES string of the molecule is CCOc1cc(/C(O)=C2/C(=O)C(=O)N(c3cc(C)ccc3C)C2c2ccccn2)ccc1Cl. The second kappa shape index (κ2) is 9.08. The fourth-order valence-corrected chi connectivity index (χ4v) is 4.12. The molecule has 0 aliphatic carbocycles. The lowest BCUT2D eigenvalue weighted by atomic mass is 9.97. The second-order valence-corrected chi connectivity index (χ2v) is 8.20. The lowest BCUT2D eigenvalue weighted by molar-refractivity contribution is -0.132. The van der Waals surface area contributed by atoms with E-state index in [1.807, 2.05) is 39.0 Å². The molecule has 168 valence electrons. The number of aromatic nitrogens is 1. The number of carbonyl (C=O) groups excluding carboxylic acids is 2. The quantitative estimate of drug-likeness (QED) is 0.313. The molecule has 1 saturated heterocycles. The lowest BCUT2D eigenvalue weighted by Crippen LogP contribution is -2.30. The van der Waals surface area contributed by atoms with Gasteiger partial charge in [-0.3, -0.25) is 19.5 Å². The molecule has 6 nitrogen and oxygen atoms in total. The fourth-order valence-electron chi connectivity index (χ4n) is 3.95. The number of aliphatic hydroxyl groups excluding tert-OH is 1. The van der Waals surface area contributed by atoms with Crippen LogP contribution in [0.2, 0.25) is 5.02 Å². The number of aliphatic hydroxyl groups is 1. The molecule has 1 fully saturated rings. The van der Waals surface area contributed by atoms with Gasteiger partial charge in [-0.1, -0.05) is 29.8 Å². The first-order chi connectivity index (χ1) is 15.8. The summed E-state index contributed by atoms with van der Waals surface area (Å²) in [5.74, 6) is -1.44. The van der Waals surface area contributed by atoms with E-state index in [1.54, 1.807) is 42.6 Å². The molecule has 4 rings (SSSR count). The Balaban J connectivity index is 1.95. The van der Waals surface area contributed by atoms with Crippen LogP contribution in [0.3, 0.4) is 0 Å². The van der Waals surface area contributed by atoms with Crippen LogP contribution in [0, 0.1) is 13.8 Å². The molecule has 2 aromatic carbocycles. The third kappa shape index (κ3) is 4.10. The number of anilines is 1. The summed E-state index contributed by atoms with van der Waals surface area (Å²) in [6.45, 7) is 5.99. The zero-order valence-corrected chi connectivity index (χ0v) is 19.3. The number of hydrogen-bond donors (Lipinski definition) is 1. The van der Waals surface area contributed by atoms with Crippen LogP contribution in [0.5, 0.6) is 5.75 Å². The summed E-state index contributed by atoms with van der Waals surface area (Å²) in [6.07, 6.45) is 1.59. The molecular weight excluding hydrogens is 440 g/mol. The zero-order valence-electron chi connectivity index (χ0n) is 18.5. The Kier molecular flexibility index (Phi) is 6.20. The molecule has 0 bridgehead atoms. The van der Waals surface area contributed by atoms with Gasteiger partial charge < -0.3 is 9.84 Å². The van der Waals surface area contributed by atoms with Crippen molar-refractivity contribution in [3.63, 3.8) is 0 Å². The van der Waals surface area contributed by atoms with Crippen LogP contribution in [0.1, 0.15) is 35.3 Å². The maximum absolute atomic E-state index is 13.3. The number of carbonyl (C=O) groups is 2. The Morgan fingerprint density at radius 2 is 1.91 bits per heavy atom. The predicted octanol–water partition coefficient (Wildman–Crippen LogP) is 5.38. The summed E-state index contributed by atoms with van der Waals surface area (Å²) in [7, 11) is 0. The van der Waals surface area contributed by atoms with E-state index in [4.69, 9.17) is 16.3 Å². The van der Waals surface area contributed by atoms with E-state index in [0.717, 1.165) is 11.1 Å². The first-order valence-electron chi connectivity index (χ1n) is 10.6. The van der Waals surface area contributed by atoms with Gasteiger partial charge in [0, 0.05) is 17.4 Å². The van der Waals surface area contributed by atoms with Crippen molar-refractivity contribution < 1.29 is 19.4 Å². The molecule has 0 saturated carbocycles. The summed E-state index contributed by atoms with van der Waals surface area (Å²) in [5.41, 5.74) is 3.12. The number of aryl methyl sites for hydroxylation is 2. The van der Waals surface area contributed by atoms with Crippen molar-refractivity contribution >= 4 is 34.7 Å². The number of rotatable bonds is 5. The molecule has 3 aromatic rings. The van der Waals surface area contributed by atoms with Gasteiger partial charge in [-0.2, -0.15) is 0 Å². The van der Waals surface area contributed by atoms with Crippen LogP contribution < -0.4 is 9.64 Å². The van der Waals surface area contributed by atoms with Gasteiger partial charge in [0.15, 0.2) is 0 Å². The van der Waals surface area contributed by atoms with Crippen LogP contribution in [0.4, 0.5) is 5.69 Å². The van der Waals surface area contributed by atoms with Gasteiger partial charge in [0.05, 0.1) is 22.9 Å². The van der Waals surface area contributed by atoms with Crippen molar-refractivity contribution in [2.75, 3.05) is 11.5 Å².